The minimum Gasteiger partial charge on any atom is -0.340 e. The lowest BCUT2D eigenvalue weighted by Gasteiger charge is -2.10. The second kappa shape index (κ2) is 7.53. The van der Waals surface area contributed by atoms with Crippen LogP contribution in [0, 0.1) is 5.82 Å². The molecule has 2 N–H and O–H groups in total. The Balaban J connectivity index is 1.77. The average molecular weight is 336 g/mol. The van der Waals surface area contributed by atoms with Crippen LogP contribution in [0.25, 0.3) is 0 Å². The molecule has 0 bridgehead atoms. The predicted octanol–water partition coefficient (Wildman–Crippen LogP) is 4.17. The summed E-state index contributed by atoms with van der Waals surface area (Å²) in [6.07, 6.45) is 2.11. The molecule has 6 heteroatoms. The molecule has 0 aliphatic heterocycles. The predicted molar refractivity (Wildman–Crippen MR) is 95.5 cm³/mol. The second-order valence-electron chi connectivity index (χ2n) is 5.39. The van der Waals surface area contributed by atoms with E-state index in [0.717, 1.165) is 17.7 Å². The summed E-state index contributed by atoms with van der Waals surface area (Å²) in [4.78, 5) is 20.5. The Morgan fingerprint density at radius 1 is 1.08 bits per heavy atom. The first-order chi connectivity index (χ1) is 12.2. The van der Waals surface area contributed by atoms with Crippen LogP contribution in [-0.2, 0) is 6.42 Å². The summed E-state index contributed by atoms with van der Waals surface area (Å²) in [6, 6.07) is 15.1. The van der Waals surface area contributed by atoms with Gasteiger partial charge in [-0.3, -0.25) is 4.79 Å². The quantitative estimate of drug-likeness (QED) is 0.734. The Hall–Kier alpha value is -3.28. The summed E-state index contributed by atoms with van der Waals surface area (Å²) in [5.74, 6) is -0.270. The first-order valence-electron chi connectivity index (χ1n) is 7.89. The Kier molecular flexibility index (Phi) is 4.99. The summed E-state index contributed by atoms with van der Waals surface area (Å²) in [7, 11) is 0. The van der Waals surface area contributed by atoms with Gasteiger partial charge in [0.25, 0.3) is 5.91 Å². The highest BCUT2D eigenvalue weighted by Gasteiger charge is 2.11. The Labute approximate surface area is 145 Å². The SMILES string of the molecule is CCc1ccccc1NC(=O)c1cc(Nc2cccc(F)c2)ncn1. The third-order valence-electron chi connectivity index (χ3n) is 3.64. The van der Waals surface area contributed by atoms with Gasteiger partial charge in [0.1, 0.15) is 23.7 Å². The molecule has 0 aliphatic rings. The van der Waals surface area contributed by atoms with Crippen molar-refractivity contribution >= 4 is 23.1 Å². The zero-order valence-electron chi connectivity index (χ0n) is 13.7. The number of aromatic nitrogens is 2. The van der Waals surface area contributed by atoms with Crippen LogP contribution in [0.2, 0.25) is 0 Å². The van der Waals surface area contributed by atoms with Crippen LogP contribution >= 0.6 is 0 Å². The fourth-order valence-electron chi connectivity index (χ4n) is 2.40. The lowest BCUT2D eigenvalue weighted by atomic mass is 10.1. The molecule has 1 heterocycles. The standard InChI is InChI=1S/C19H17FN4O/c1-2-13-6-3-4-9-16(13)24-19(25)17-11-18(22-12-21-17)23-15-8-5-7-14(20)10-15/h3-12H,2H2,1H3,(H,24,25)(H,21,22,23). The summed E-state index contributed by atoms with van der Waals surface area (Å²) < 4.78 is 13.3. The minimum atomic E-state index is -0.354. The number of benzene rings is 2. The third kappa shape index (κ3) is 4.17. The van der Waals surface area contributed by atoms with E-state index >= 15 is 0 Å². The molecule has 0 radical (unpaired) electrons. The van der Waals surface area contributed by atoms with Crippen molar-refractivity contribution in [2.24, 2.45) is 0 Å². The third-order valence-corrected chi connectivity index (χ3v) is 3.64. The number of para-hydroxylation sites is 1. The molecular formula is C19H17FN4O. The molecule has 2 aromatic carbocycles. The van der Waals surface area contributed by atoms with E-state index in [2.05, 4.69) is 20.6 Å². The van der Waals surface area contributed by atoms with Crippen molar-refractivity contribution in [1.82, 2.24) is 9.97 Å². The molecule has 0 saturated carbocycles. The van der Waals surface area contributed by atoms with Gasteiger partial charge >= 0.3 is 0 Å². The highest BCUT2D eigenvalue weighted by molar-refractivity contribution is 6.03. The van der Waals surface area contributed by atoms with Gasteiger partial charge in [0.05, 0.1) is 0 Å². The van der Waals surface area contributed by atoms with Crippen molar-refractivity contribution < 1.29 is 9.18 Å². The number of amides is 1. The fraction of sp³-hybridized carbons (Fsp3) is 0.105. The number of carbonyl (C=O) groups excluding carboxylic acids is 1. The largest absolute Gasteiger partial charge is 0.340 e. The molecule has 3 rings (SSSR count). The molecule has 0 spiro atoms. The number of aryl methyl sites for hydroxylation is 1. The van der Waals surface area contributed by atoms with Crippen LogP contribution in [0.5, 0.6) is 0 Å². The van der Waals surface area contributed by atoms with Crippen molar-refractivity contribution in [3.63, 3.8) is 0 Å². The first-order valence-corrected chi connectivity index (χ1v) is 7.89. The Bertz CT molecular complexity index is 898. The van der Waals surface area contributed by atoms with E-state index in [1.165, 1.54) is 24.5 Å². The highest BCUT2D eigenvalue weighted by Crippen LogP contribution is 2.18. The van der Waals surface area contributed by atoms with Crippen molar-refractivity contribution in [2.75, 3.05) is 10.6 Å². The zero-order chi connectivity index (χ0) is 17.6. The molecule has 3 aromatic rings. The summed E-state index contributed by atoms with van der Waals surface area (Å²) in [5.41, 5.74) is 2.57. The van der Waals surface area contributed by atoms with Gasteiger partial charge in [-0.15, -0.1) is 0 Å². The topological polar surface area (TPSA) is 66.9 Å². The van der Waals surface area contributed by atoms with Crippen LogP contribution in [0.3, 0.4) is 0 Å². The lowest BCUT2D eigenvalue weighted by Crippen LogP contribution is -2.15. The molecule has 0 unspecified atom stereocenters. The number of halogens is 1. The van der Waals surface area contributed by atoms with Crippen LogP contribution < -0.4 is 10.6 Å². The smallest absolute Gasteiger partial charge is 0.274 e. The van der Waals surface area contributed by atoms with Crippen molar-refractivity contribution in [2.45, 2.75) is 13.3 Å². The minimum absolute atomic E-state index is 0.222. The molecule has 5 nitrogen and oxygen atoms in total. The summed E-state index contributed by atoms with van der Waals surface area (Å²) in [5, 5.41) is 5.82. The monoisotopic (exact) mass is 336 g/mol. The van der Waals surface area contributed by atoms with Gasteiger partial charge in [-0.2, -0.15) is 0 Å². The maximum absolute atomic E-state index is 13.3. The van der Waals surface area contributed by atoms with Gasteiger partial charge in [-0.1, -0.05) is 31.2 Å². The molecule has 25 heavy (non-hydrogen) atoms. The zero-order valence-corrected chi connectivity index (χ0v) is 13.7. The molecule has 0 saturated heterocycles. The average Bonchev–Trinajstić information content (AvgIpc) is 2.62. The molecule has 0 fully saturated rings. The fourth-order valence-corrected chi connectivity index (χ4v) is 2.40. The van der Waals surface area contributed by atoms with Gasteiger partial charge in [0.2, 0.25) is 0 Å². The number of nitrogens with zero attached hydrogens (tertiary/aromatic N) is 2. The van der Waals surface area contributed by atoms with E-state index in [0.29, 0.717) is 11.5 Å². The van der Waals surface area contributed by atoms with E-state index in [4.69, 9.17) is 0 Å². The maximum Gasteiger partial charge on any atom is 0.274 e. The van der Waals surface area contributed by atoms with Crippen molar-refractivity contribution in [1.29, 1.82) is 0 Å². The van der Waals surface area contributed by atoms with Gasteiger partial charge in [0.15, 0.2) is 0 Å². The molecule has 1 aromatic heterocycles. The van der Waals surface area contributed by atoms with E-state index in [-0.39, 0.29) is 17.4 Å². The van der Waals surface area contributed by atoms with E-state index < -0.39 is 0 Å². The number of rotatable bonds is 5. The molecular weight excluding hydrogens is 319 g/mol. The van der Waals surface area contributed by atoms with Gasteiger partial charge in [-0.05, 0) is 36.2 Å². The van der Waals surface area contributed by atoms with Crippen LogP contribution in [0.1, 0.15) is 23.0 Å². The molecule has 1 amide bonds. The Morgan fingerprint density at radius 2 is 1.92 bits per heavy atom. The van der Waals surface area contributed by atoms with Crippen LogP contribution in [-0.4, -0.2) is 15.9 Å². The number of carbonyl (C=O) groups is 1. The number of hydrogen-bond donors (Lipinski definition) is 2. The van der Waals surface area contributed by atoms with Crippen LogP contribution in [0.15, 0.2) is 60.9 Å². The van der Waals surface area contributed by atoms with Gasteiger partial charge in [-0.25, -0.2) is 14.4 Å². The Morgan fingerprint density at radius 3 is 2.72 bits per heavy atom. The second-order valence-corrected chi connectivity index (χ2v) is 5.39. The van der Waals surface area contributed by atoms with Crippen molar-refractivity contribution in [3.05, 3.63) is 78.0 Å². The normalized spacial score (nSPS) is 10.3. The summed E-state index contributed by atoms with van der Waals surface area (Å²) in [6.45, 7) is 2.02. The van der Waals surface area contributed by atoms with Crippen molar-refractivity contribution in [3.8, 4) is 0 Å². The maximum atomic E-state index is 13.3. The number of hydrogen-bond acceptors (Lipinski definition) is 4. The molecule has 0 aliphatic carbocycles. The van der Waals surface area contributed by atoms with E-state index in [9.17, 15) is 9.18 Å². The highest BCUT2D eigenvalue weighted by atomic mass is 19.1. The van der Waals surface area contributed by atoms with Crippen LogP contribution in [0.4, 0.5) is 21.6 Å². The summed E-state index contributed by atoms with van der Waals surface area (Å²) >= 11 is 0. The van der Waals surface area contributed by atoms with Gasteiger partial charge in [0, 0.05) is 17.4 Å². The van der Waals surface area contributed by atoms with E-state index in [1.807, 2.05) is 31.2 Å². The number of nitrogens with one attached hydrogen (secondary N) is 2. The molecule has 0 atom stereocenters. The van der Waals surface area contributed by atoms with E-state index in [1.54, 1.807) is 12.1 Å². The molecule has 126 valence electrons. The lowest BCUT2D eigenvalue weighted by molar-refractivity contribution is 0.102. The first kappa shape index (κ1) is 16.6. The number of anilines is 3. The van der Waals surface area contributed by atoms with Gasteiger partial charge < -0.3 is 10.6 Å².